The van der Waals surface area contributed by atoms with E-state index in [4.69, 9.17) is 18.9 Å². The van der Waals surface area contributed by atoms with Crippen LogP contribution in [0, 0.1) is 57.2 Å². The highest BCUT2D eigenvalue weighted by molar-refractivity contribution is 5.96. The third kappa shape index (κ3) is 5.82. The van der Waals surface area contributed by atoms with Gasteiger partial charge in [0.2, 0.25) is 0 Å². The molecule has 61 heavy (non-hydrogen) atoms. The topological polar surface area (TPSA) is 151 Å². The molecule has 2 unspecified atom stereocenters. The van der Waals surface area contributed by atoms with Crippen molar-refractivity contribution < 1.29 is 44.2 Å². The molecule has 0 amide bonds. The predicted molar refractivity (Wildman–Crippen MR) is 232 cm³/mol. The van der Waals surface area contributed by atoms with Gasteiger partial charge in [-0.1, -0.05) is 88.5 Å². The molecule has 10 rings (SSSR count). The highest BCUT2D eigenvalue weighted by Crippen LogP contribution is 2.71. The van der Waals surface area contributed by atoms with Crippen molar-refractivity contribution in [3.8, 4) is 0 Å². The average molecular weight is 843 g/mol. The fourth-order valence-electron chi connectivity index (χ4n) is 16.2. The van der Waals surface area contributed by atoms with Gasteiger partial charge in [0.05, 0.1) is 36.7 Å². The molecule has 2 saturated heterocycles. The number of rotatable bonds is 5. The lowest BCUT2D eigenvalue weighted by molar-refractivity contribution is -0.197. The monoisotopic (exact) mass is 843 g/mol. The number of nitrogens with zero attached hydrogens (tertiary/aromatic N) is 2. The summed E-state index contributed by atoms with van der Waals surface area (Å²) in [6, 6.07) is 0. The number of ketones is 1. The Kier molecular flexibility index (Phi) is 10.4. The van der Waals surface area contributed by atoms with Crippen molar-refractivity contribution in [2.75, 3.05) is 27.3 Å². The van der Waals surface area contributed by atoms with Crippen molar-refractivity contribution >= 4 is 11.5 Å². The van der Waals surface area contributed by atoms with Crippen molar-refractivity contribution in [3.05, 3.63) is 71.9 Å². The van der Waals surface area contributed by atoms with Crippen LogP contribution in [-0.2, 0) is 23.7 Å². The van der Waals surface area contributed by atoms with Gasteiger partial charge in [-0.15, -0.1) is 0 Å². The minimum absolute atomic E-state index is 0.0995. The van der Waals surface area contributed by atoms with Gasteiger partial charge in [-0.3, -0.25) is 4.79 Å². The van der Waals surface area contributed by atoms with Gasteiger partial charge < -0.3 is 44.4 Å². The van der Waals surface area contributed by atoms with Crippen LogP contribution in [-0.4, -0.2) is 112 Å². The van der Waals surface area contributed by atoms with Crippen molar-refractivity contribution in [1.82, 2.24) is 5.01 Å². The molecule has 0 radical (unpaired) electrons. The van der Waals surface area contributed by atoms with Crippen LogP contribution in [0.3, 0.4) is 0 Å². The highest BCUT2D eigenvalue weighted by Gasteiger charge is 2.77. The molecule has 6 saturated carbocycles. The van der Waals surface area contributed by atoms with E-state index in [9.17, 15) is 25.2 Å². The lowest BCUT2D eigenvalue weighted by Gasteiger charge is -2.60. The van der Waals surface area contributed by atoms with E-state index in [2.05, 4.69) is 82.4 Å². The van der Waals surface area contributed by atoms with Gasteiger partial charge in [-0.25, -0.2) is 0 Å². The summed E-state index contributed by atoms with van der Waals surface area (Å²) in [5, 5.41) is 49.8. The number of aliphatic hydroxyl groups excluding tert-OH is 4. The third-order valence-electron chi connectivity index (χ3n) is 18.4. The Bertz CT molecular complexity index is 2020. The van der Waals surface area contributed by atoms with E-state index in [0.29, 0.717) is 30.4 Å². The second-order valence-electron chi connectivity index (χ2n) is 21.5. The quantitative estimate of drug-likeness (QED) is 0.186. The van der Waals surface area contributed by atoms with E-state index < -0.39 is 41.7 Å². The maximum absolute atomic E-state index is 13.1. The Morgan fingerprint density at radius 1 is 0.754 bits per heavy atom. The Morgan fingerprint density at radius 2 is 1.20 bits per heavy atom. The molecule has 11 nitrogen and oxygen atoms in total. The molecule has 0 aromatic carbocycles. The normalized spacial score (nSPS) is 51.3. The van der Waals surface area contributed by atoms with Crippen LogP contribution in [0.4, 0.5) is 0 Å². The molecule has 0 aromatic heterocycles. The second kappa shape index (κ2) is 14.6. The lowest BCUT2D eigenvalue weighted by atomic mass is 9.46. The third-order valence-corrected chi connectivity index (χ3v) is 18.4. The number of carbonyl (C=O) groups excluding carboxylic acids is 1. The Balaban J connectivity index is 0.000000157. The van der Waals surface area contributed by atoms with E-state index in [1.807, 2.05) is 27.9 Å². The zero-order valence-corrected chi connectivity index (χ0v) is 37.6. The summed E-state index contributed by atoms with van der Waals surface area (Å²) in [5.74, 6) is 1.11. The van der Waals surface area contributed by atoms with Gasteiger partial charge in [0, 0.05) is 47.6 Å². The van der Waals surface area contributed by atoms with Crippen LogP contribution < -0.4 is 0 Å². The molecule has 2 heterocycles. The van der Waals surface area contributed by atoms with E-state index in [1.165, 1.54) is 11.1 Å². The molecular weight excluding hydrogens is 773 g/mol. The number of hydrazone groups is 1. The number of hydrogen-bond donors (Lipinski definition) is 4. The van der Waals surface area contributed by atoms with Crippen LogP contribution in [0.1, 0.15) is 92.9 Å². The first kappa shape index (κ1) is 43.5. The summed E-state index contributed by atoms with van der Waals surface area (Å²) < 4.78 is 25.2. The first-order chi connectivity index (χ1) is 28.7. The number of ether oxygens (including phenoxy) is 4. The Morgan fingerprint density at radius 3 is 1.64 bits per heavy atom. The second-order valence-corrected chi connectivity index (χ2v) is 21.5. The fraction of sp³-hybridized carbons (Fsp3) is 0.720. The van der Waals surface area contributed by atoms with Gasteiger partial charge in [-0.2, -0.15) is 5.10 Å². The molecule has 8 aliphatic carbocycles. The van der Waals surface area contributed by atoms with Crippen LogP contribution in [0.2, 0.25) is 0 Å². The average Bonchev–Trinajstić information content (AvgIpc) is 3.86. The smallest absolute Gasteiger partial charge is 0.193 e. The molecule has 2 aliphatic heterocycles. The van der Waals surface area contributed by atoms with E-state index in [0.717, 1.165) is 49.7 Å². The molecule has 11 heteroatoms. The van der Waals surface area contributed by atoms with E-state index in [-0.39, 0.29) is 70.8 Å². The number of carbonyl (C=O) groups is 1. The van der Waals surface area contributed by atoms with Crippen molar-refractivity contribution in [3.63, 3.8) is 0 Å². The van der Waals surface area contributed by atoms with Gasteiger partial charge in [0.25, 0.3) is 0 Å². The maximum atomic E-state index is 13.1. The zero-order chi connectivity index (χ0) is 43.8. The summed E-state index contributed by atoms with van der Waals surface area (Å²) in [6.45, 7) is 20.1. The number of hydrogen-bond acceptors (Lipinski definition) is 11. The Hall–Kier alpha value is -2.74. The van der Waals surface area contributed by atoms with Gasteiger partial charge in [-0.05, 0) is 100 Å². The number of aliphatic hydroxyl groups is 4. The van der Waals surface area contributed by atoms with Crippen LogP contribution in [0.15, 0.2) is 77.0 Å². The number of allylic oxidation sites excluding steroid dienone is 10. The van der Waals surface area contributed by atoms with Crippen molar-refractivity contribution in [2.24, 2.45) is 62.3 Å². The predicted octanol–water partition coefficient (Wildman–Crippen LogP) is 6.20. The first-order valence-corrected chi connectivity index (χ1v) is 23.0. The summed E-state index contributed by atoms with van der Waals surface area (Å²) in [5.41, 5.74) is 2.18. The van der Waals surface area contributed by atoms with Gasteiger partial charge in [0.15, 0.2) is 24.0 Å². The van der Waals surface area contributed by atoms with E-state index >= 15 is 0 Å². The number of fused-ring (bicyclic) bond motifs is 14. The molecule has 10 aliphatic rings. The minimum atomic E-state index is -1.16. The van der Waals surface area contributed by atoms with E-state index in [1.54, 1.807) is 5.01 Å². The standard InChI is InChI=1S/C26H38N2O4.C24H32O5/c1-15-9-10-24(3)17(11-15)7-8-18-19-12-22-26(32-16(2)31-22,21(14-29)27-28(5)6)25(19,4)13-20(30)23(18)24;1-13-7-8-22(3)15(9-13)5-6-16-17-10-20-24(19(27)12-25,29-14(2)28-20)23(17,4)11-18(26)21(16)22/h9-11,16,18-20,22-23,29-30H,1,7-8,12-14H2,2-6H3;7-9,14,16-18,20-21,25-26H,1,5-6,10-12H2,2-4H3/b27-21-;/t16?,18-,19-,20-,22+,23+,24-,25-,26+;14?,16-,17-,18-,20+,21+,22-,23-,24+/m00/s1. The number of Topliss-reactive ketones (excluding diaryl/α,β-unsaturated/α-hetero) is 1. The molecular formula is C50H70N2O9. The zero-order valence-electron chi connectivity index (χ0n) is 37.6. The van der Waals surface area contributed by atoms with Crippen LogP contribution in [0.5, 0.6) is 0 Å². The first-order valence-electron chi connectivity index (χ1n) is 23.0. The van der Waals surface area contributed by atoms with Crippen molar-refractivity contribution in [1.29, 1.82) is 0 Å². The Labute approximate surface area is 362 Å². The summed E-state index contributed by atoms with van der Waals surface area (Å²) in [7, 11) is 3.72. The summed E-state index contributed by atoms with van der Waals surface area (Å²) >= 11 is 0. The summed E-state index contributed by atoms with van der Waals surface area (Å²) in [4.78, 5) is 13.1. The molecule has 8 fully saturated rings. The van der Waals surface area contributed by atoms with Crippen molar-refractivity contribution in [2.45, 2.75) is 141 Å². The maximum Gasteiger partial charge on any atom is 0.193 e. The summed E-state index contributed by atoms with van der Waals surface area (Å²) in [6.07, 6.45) is 17.4. The largest absolute Gasteiger partial charge is 0.393 e. The fourth-order valence-corrected chi connectivity index (χ4v) is 16.2. The molecule has 4 N–H and O–H groups in total. The molecule has 0 bridgehead atoms. The molecule has 0 spiro atoms. The van der Waals surface area contributed by atoms with Gasteiger partial charge in [0.1, 0.15) is 12.2 Å². The highest BCUT2D eigenvalue weighted by atomic mass is 16.7. The molecule has 0 aromatic rings. The minimum Gasteiger partial charge on any atom is -0.393 e. The van der Waals surface area contributed by atoms with Crippen LogP contribution in [0.25, 0.3) is 0 Å². The molecule has 18 atom stereocenters. The van der Waals surface area contributed by atoms with Crippen LogP contribution >= 0.6 is 0 Å². The SMILES string of the molecule is C=C1C=C[C@@]2(C)C(=C1)CC[C@@H]1[C@@H]2[C@@H](O)C[C@@]2(C)[C@H]1C[C@H]1OC(C)O[C@]12/C(CO)=N\N(C)C.C=C1C=C[C@@]2(C)C(=C1)CC[C@@H]1[C@@H]2[C@@H](O)C[C@@]2(C)[C@H]1C[C@H]1OC(C)O[C@]12C(=O)CO. The lowest BCUT2D eigenvalue weighted by Crippen LogP contribution is -2.63. The van der Waals surface area contributed by atoms with Gasteiger partial charge >= 0.3 is 0 Å². The molecule has 334 valence electrons.